The number of nitrogens with zero attached hydrogens (tertiary/aromatic N) is 1. The lowest BCUT2D eigenvalue weighted by molar-refractivity contribution is -0.384. The van der Waals surface area contributed by atoms with Gasteiger partial charge in [-0.3, -0.25) is 14.9 Å². The Balaban J connectivity index is 3.43. The number of carbonyl (C=O) groups is 1. The van der Waals surface area contributed by atoms with Crippen molar-refractivity contribution in [1.29, 1.82) is 0 Å². The molecule has 0 unspecified atom stereocenters. The van der Waals surface area contributed by atoms with Crippen LogP contribution in [0.2, 0.25) is 0 Å². The summed E-state index contributed by atoms with van der Waals surface area (Å²) in [6.45, 7) is 0. The predicted octanol–water partition coefficient (Wildman–Crippen LogP) is 1.18. The summed E-state index contributed by atoms with van der Waals surface area (Å²) in [4.78, 5) is 20.5. The summed E-state index contributed by atoms with van der Waals surface area (Å²) in [7, 11) is 2.66. The fourth-order valence-electron chi connectivity index (χ4n) is 1.27. The fraction of sp³-hybridized carbons (Fsp3) is 0.222. The zero-order valence-electron chi connectivity index (χ0n) is 8.72. The molecular weight excluding hydrogens is 216 g/mol. The van der Waals surface area contributed by atoms with Crippen molar-refractivity contribution in [2.75, 3.05) is 19.5 Å². The zero-order valence-corrected chi connectivity index (χ0v) is 8.72. The van der Waals surface area contributed by atoms with E-state index in [1.165, 1.54) is 26.4 Å². The minimum absolute atomic E-state index is 0.0284. The lowest BCUT2D eigenvalue weighted by Gasteiger charge is -2.09. The lowest BCUT2D eigenvalue weighted by atomic mass is 10.2. The molecule has 16 heavy (non-hydrogen) atoms. The van der Waals surface area contributed by atoms with Gasteiger partial charge in [-0.2, -0.15) is 0 Å². The van der Waals surface area contributed by atoms with Crippen molar-refractivity contribution >= 4 is 17.8 Å². The maximum atomic E-state index is 10.9. The Morgan fingerprint density at radius 3 is 2.50 bits per heavy atom. The second-order valence-electron chi connectivity index (χ2n) is 2.72. The molecule has 0 saturated heterocycles. The molecule has 0 heterocycles. The number of anilines is 1. The zero-order chi connectivity index (χ0) is 12.1. The lowest BCUT2D eigenvalue weighted by Crippen LogP contribution is -2.03. The smallest absolute Gasteiger partial charge is 0.338 e. The second kappa shape index (κ2) is 4.96. The molecule has 0 fully saturated rings. The van der Waals surface area contributed by atoms with Crippen molar-refractivity contribution in [3.63, 3.8) is 0 Å². The first-order valence-electron chi connectivity index (χ1n) is 4.25. The van der Waals surface area contributed by atoms with E-state index in [9.17, 15) is 14.9 Å². The van der Waals surface area contributed by atoms with Crippen LogP contribution in [0.25, 0.3) is 0 Å². The van der Waals surface area contributed by atoms with E-state index < -0.39 is 4.92 Å². The van der Waals surface area contributed by atoms with Gasteiger partial charge in [0.2, 0.25) is 12.2 Å². The summed E-state index contributed by atoms with van der Waals surface area (Å²) >= 11 is 0. The molecular formula is C9H10N2O5. The number of carbonyl (C=O) groups excluding carboxylic acids is 1. The van der Waals surface area contributed by atoms with Gasteiger partial charge in [-0.05, 0) is 12.1 Å². The van der Waals surface area contributed by atoms with Crippen LogP contribution < -0.4 is 14.8 Å². The molecule has 1 aromatic rings. The van der Waals surface area contributed by atoms with Crippen LogP contribution in [-0.4, -0.2) is 25.6 Å². The van der Waals surface area contributed by atoms with E-state index in [2.05, 4.69) is 5.32 Å². The van der Waals surface area contributed by atoms with E-state index in [1.54, 1.807) is 0 Å². The standard InChI is InChI=1S/C9H10N2O5/c1-15-7-4-3-6(10-5-12)8(11(13)14)9(7)16-2/h3-5H,1-2H3,(H,10,12). The van der Waals surface area contributed by atoms with E-state index in [-0.39, 0.29) is 22.9 Å². The van der Waals surface area contributed by atoms with E-state index in [4.69, 9.17) is 9.47 Å². The molecule has 0 aliphatic carbocycles. The first kappa shape index (κ1) is 11.8. The molecule has 7 heteroatoms. The number of amides is 1. The summed E-state index contributed by atoms with van der Waals surface area (Å²) in [5, 5.41) is 13.1. The highest BCUT2D eigenvalue weighted by Gasteiger charge is 2.24. The number of nitrogens with one attached hydrogen (secondary N) is 1. The summed E-state index contributed by atoms with van der Waals surface area (Å²) in [6.07, 6.45) is 0.355. The molecule has 1 amide bonds. The first-order chi connectivity index (χ1) is 7.65. The molecule has 0 aromatic heterocycles. The average Bonchev–Trinajstić information content (AvgIpc) is 2.28. The molecule has 0 saturated carbocycles. The number of nitro benzene ring substituents is 1. The van der Waals surface area contributed by atoms with E-state index in [1.807, 2.05) is 0 Å². The minimum Gasteiger partial charge on any atom is -0.493 e. The van der Waals surface area contributed by atoms with Gasteiger partial charge in [-0.1, -0.05) is 0 Å². The van der Waals surface area contributed by atoms with Crippen molar-refractivity contribution in [2.45, 2.75) is 0 Å². The third kappa shape index (κ3) is 2.02. The molecule has 1 aromatic carbocycles. The van der Waals surface area contributed by atoms with Gasteiger partial charge in [-0.15, -0.1) is 0 Å². The SMILES string of the molecule is COc1ccc(NC=O)c([N+](=O)[O-])c1OC. The van der Waals surface area contributed by atoms with E-state index in [0.717, 1.165) is 0 Å². The van der Waals surface area contributed by atoms with Crippen LogP contribution >= 0.6 is 0 Å². The molecule has 1 N–H and O–H groups in total. The number of rotatable bonds is 5. The molecule has 0 atom stereocenters. The van der Waals surface area contributed by atoms with Crippen molar-refractivity contribution < 1.29 is 19.2 Å². The topological polar surface area (TPSA) is 90.7 Å². The molecule has 7 nitrogen and oxygen atoms in total. The Kier molecular flexibility index (Phi) is 3.65. The number of hydrogen-bond donors (Lipinski definition) is 1. The Bertz CT molecular complexity index is 419. The van der Waals surface area contributed by atoms with Crippen molar-refractivity contribution in [3.05, 3.63) is 22.2 Å². The highest BCUT2D eigenvalue weighted by Crippen LogP contribution is 2.41. The van der Waals surface area contributed by atoms with Crippen LogP contribution in [0, 0.1) is 10.1 Å². The third-order valence-corrected chi connectivity index (χ3v) is 1.92. The Morgan fingerprint density at radius 1 is 1.38 bits per heavy atom. The number of benzene rings is 1. The Labute approximate surface area is 91.1 Å². The van der Waals surface area contributed by atoms with Gasteiger partial charge in [0.25, 0.3) is 0 Å². The van der Waals surface area contributed by atoms with Crippen LogP contribution in [0.4, 0.5) is 11.4 Å². The van der Waals surface area contributed by atoms with Gasteiger partial charge in [0, 0.05) is 0 Å². The van der Waals surface area contributed by atoms with Crippen LogP contribution in [0.15, 0.2) is 12.1 Å². The van der Waals surface area contributed by atoms with Gasteiger partial charge < -0.3 is 14.8 Å². The second-order valence-corrected chi connectivity index (χ2v) is 2.72. The number of ether oxygens (including phenoxy) is 2. The van der Waals surface area contributed by atoms with Crippen LogP contribution in [0.1, 0.15) is 0 Å². The van der Waals surface area contributed by atoms with Crippen molar-refractivity contribution in [1.82, 2.24) is 0 Å². The highest BCUT2D eigenvalue weighted by atomic mass is 16.6. The minimum atomic E-state index is -0.646. The molecule has 86 valence electrons. The third-order valence-electron chi connectivity index (χ3n) is 1.92. The molecule has 0 aliphatic heterocycles. The summed E-state index contributed by atoms with van der Waals surface area (Å²) in [5.41, 5.74) is -0.286. The molecule has 0 radical (unpaired) electrons. The molecule has 0 aliphatic rings. The van der Waals surface area contributed by atoms with E-state index in [0.29, 0.717) is 6.41 Å². The fourth-order valence-corrected chi connectivity index (χ4v) is 1.27. The Morgan fingerprint density at radius 2 is 2.06 bits per heavy atom. The van der Waals surface area contributed by atoms with Crippen molar-refractivity contribution in [2.24, 2.45) is 0 Å². The van der Waals surface area contributed by atoms with Crippen LogP contribution in [0.5, 0.6) is 11.5 Å². The average molecular weight is 226 g/mol. The van der Waals surface area contributed by atoms with Gasteiger partial charge in [-0.25, -0.2) is 0 Å². The summed E-state index contributed by atoms with van der Waals surface area (Å²) < 4.78 is 9.81. The largest absolute Gasteiger partial charge is 0.493 e. The maximum Gasteiger partial charge on any atom is 0.338 e. The van der Waals surface area contributed by atoms with Gasteiger partial charge in [0.05, 0.1) is 19.1 Å². The first-order valence-corrected chi connectivity index (χ1v) is 4.25. The maximum absolute atomic E-state index is 10.9. The number of methoxy groups -OCH3 is 2. The van der Waals surface area contributed by atoms with Gasteiger partial charge in [0.1, 0.15) is 5.69 Å². The molecule has 0 spiro atoms. The van der Waals surface area contributed by atoms with E-state index >= 15 is 0 Å². The van der Waals surface area contributed by atoms with Crippen molar-refractivity contribution in [3.8, 4) is 11.5 Å². The monoisotopic (exact) mass is 226 g/mol. The summed E-state index contributed by atoms with van der Waals surface area (Å²) in [6, 6.07) is 2.84. The highest BCUT2D eigenvalue weighted by molar-refractivity contribution is 5.82. The molecule has 0 bridgehead atoms. The predicted molar refractivity (Wildman–Crippen MR) is 55.9 cm³/mol. The Hall–Kier alpha value is -2.31. The molecule has 1 rings (SSSR count). The number of hydrogen-bond acceptors (Lipinski definition) is 5. The summed E-state index contributed by atoms with van der Waals surface area (Å²) in [5.74, 6) is 0.199. The van der Waals surface area contributed by atoms with Crippen LogP contribution in [0.3, 0.4) is 0 Å². The van der Waals surface area contributed by atoms with Crippen LogP contribution in [-0.2, 0) is 4.79 Å². The normalized spacial score (nSPS) is 9.38. The number of nitro groups is 1. The quantitative estimate of drug-likeness (QED) is 0.462. The van der Waals surface area contributed by atoms with Gasteiger partial charge in [0.15, 0.2) is 5.75 Å². The van der Waals surface area contributed by atoms with Gasteiger partial charge >= 0.3 is 5.69 Å².